The van der Waals surface area contributed by atoms with Gasteiger partial charge in [-0.3, -0.25) is 0 Å². The van der Waals surface area contributed by atoms with Crippen molar-refractivity contribution in [2.45, 2.75) is 32.1 Å². The Morgan fingerprint density at radius 1 is 1.24 bits per heavy atom. The van der Waals surface area contributed by atoms with Crippen LogP contribution in [0, 0.1) is 5.92 Å². The number of pyridine rings is 1. The smallest absolute Gasteiger partial charge is 0.357 e. The number of halogens is 1. The average molecular weight is 304 g/mol. The zero-order chi connectivity index (χ0) is 14.7. The average Bonchev–Trinajstić information content (AvgIpc) is 2.53. The molecule has 0 radical (unpaired) electrons. The van der Waals surface area contributed by atoms with Crippen LogP contribution in [-0.4, -0.2) is 17.6 Å². The lowest BCUT2D eigenvalue weighted by Gasteiger charge is -2.20. The lowest BCUT2D eigenvalue weighted by molar-refractivity contribution is 0.0404. The minimum atomic E-state index is -0.381. The fourth-order valence-electron chi connectivity index (χ4n) is 2.86. The van der Waals surface area contributed by atoms with Crippen LogP contribution in [0.1, 0.15) is 42.6 Å². The summed E-state index contributed by atoms with van der Waals surface area (Å²) in [6, 6.07) is 9.10. The van der Waals surface area contributed by atoms with Gasteiger partial charge in [0.2, 0.25) is 0 Å². The van der Waals surface area contributed by atoms with Gasteiger partial charge in [-0.15, -0.1) is 0 Å². The summed E-state index contributed by atoms with van der Waals surface area (Å²) < 4.78 is 5.41. The zero-order valence-corrected chi connectivity index (χ0v) is 12.6. The van der Waals surface area contributed by atoms with Crippen LogP contribution in [0.2, 0.25) is 5.02 Å². The normalized spacial score (nSPS) is 16.0. The van der Waals surface area contributed by atoms with Gasteiger partial charge >= 0.3 is 5.97 Å². The summed E-state index contributed by atoms with van der Waals surface area (Å²) in [6.07, 6.45) is 6.08. The first kappa shape index (κ1) is 14.3. The fourth-order valence-corrected chi connectivity index (χ4v) is 3.12. The topological polar surface area (TPSA) is 39.2 Å². The van der Waals surface area contributed by atoms with Gasteiger partial charge in [0.1, 0.15) is 0 Å². The molecule has 1 aliphatic rings. The standard InChI is InChI=1S/C17H18ClNO2/c18-14-10-16(19-15-9-5-4-8-13(14)15)17(20)21-11-12-6-2-1-3-7-12/h4-5,8-10,12H,1-3,6-7,11H2. The molecular formula is C17H18ClNO2. The molecule has 0 unspecified atom stereocenters. The van der Waals surface area contributed by atoms with E-state index in [4.69, 9.17) is 16.3 Å². The van der Waals surface area contributed by atoms with Crippen LogP contribution in [0.25, 0.3) is 10.9 Å². The molecule has 110 valence electrons. The lowest BCUT2D eigenvalue weighted by Crippen LogP contribution is -2.17. The van der Waals surface area contributed by atoms with E-state index in [2.05, 4.69) is 4.98 Å². The van der Waals surface area contributed by atoms with Crippen molar-refractivity contribution in [3.8, 4) is 0 Å². The molecule has 0 amide bonds. The molecule has 1 saturated carbocycles. The molecule has 1 aliphatic carbocycles. The second-order valence-corrected chi connectivity index (χ2v) is 6.02. The maximum Gasteiger partial charge on any atom is 0.357 e. The summed E-state index contributed by atoms with van der Waals surface area (Å²) in [5, 5.41) is 1.38. The van der Waals surface area contributed by atoms with Gasteiger partial charge in [0, 0.05) is 5.39 Å². The number of fused-ring (bicyclic) bond motifs is 1. The molecule has 0 N–H and O–H groups in total. The number of hydrogen-bond donors (Lipinski definition) is 0. The van der Waals surface area contributed by atoms with E-state index in [1.807, 2.05) is 24.3 Å². The molecule has 1 fully saturated rings. The van der Waals surface area contributed by atoms with E-state index in [-0.39, 0.29) is 11.7 Å². The third-order valence-corrected chi connectivity index (χ3v) is 4.36. The van der Waals surface area contributed by atoms with E-state index >= 15 is 0 Å². The third-order valence-electron chi connectivity index (χ3n) is 4.05. The summed E-state index contributed by atoms with van der Waals surface area (Å²) in [5.41, 5.74) is 1.00. The van der Waals surface area contributed by atoms with Gasteiger partial charge in [-0.1, -0.05) is 49.1 Å². The molecule has 3 nitrogen and oxygen atoms in total. The molecule has 1 aromatic heterocycles. The number of carbonyl (C=O) groups is 1. The minimum Gasteiger partial charge on any atom is -0.461 e. The van der Waals surface area contributed by atoms with Crippen LogP contribution in [-0.2, 0) is 4.74 Å². The molecule has 2 aromatic rings. The number of para-hydroxylation sites is 1. The Hall–Kier alpha value is -1.61. The Bertz CT molecular complexity index is 650. The Labute approximate surface area is 129 Å². The molecular weight excluding hydrogens is 286 g/mol. The lowest BCUT2D eigenvalue weighted by atomic mass is 9.90. The minimum absolute atomic E-state index is 0.287. The highest BCUT2D eigenvalue weighted by atomic mass is 35.5. The number of carbonyl (C=O) groups excluding carboxylic acids is 1. The highest BCUT2D eigenvalue weighted by Gasteiger charge is 2.17. The quantitative estimate of drug-likeness (QED) is 0.776. The van der Waals surface area contributed by atoms with Crippen LogP contribution in [0.15, 0.2) is 30.3 Å². The summed E-state index contributed by atoms with van der Waals surface area (Å²) in [4.78, 5) is 16.5. The Morgan fingerprint density at radius 3 is 2.81 bits per heavy atom. The first-order chi connectivity index (χ1) is 10.2. The van der Waals surface area contributed by atoms with E-state index in [1.165, 1.54) is 19.3 Å². The maximum absolute atomic E-state index is 12.1. The maximum atomic E-state index is 12.1. The highest BCUT2D eigenvalue weighted by molar-refractivity contribution is 6.35. The molecule has 21 heavy (non-hydrogen) atoms. The van der Waals surface area contributed by atoms with E-state index in [0.29, 0.717) is 17.5 Å². The predicted octanol–water partition coefficient (Wildman–Crippen LogP) is 4.63. The molecule has 0 atom stereocenters. The molecule has 0 aliphatic heterocycles. The number of esters is 1. The fraction of sp³-hybridized carbons (Fsp3) is 0.412. The van der Waals surface area contributed by atoms with Crippen LogP contribution in [0.4, 0.5) is 0 Å². The van der Waals surface area contributed by atoms with Crippen molar-refractivity contribution in [3.63, 3.8) is 0 Å². The summed E-state index contributed by atoms with van der Waals surface area (Å²) in [5.74, 6) is 0.117. The van der Waals surface area contributed by atoms with Crippen molar-refractivity contribution < 1.29 is 9.53 Å². The van der Waals surface area contributed by atoms with Crippen LogP contribution in [0.3, 0.4) is 0 Å². The molecule has 0 saturated heterocycles. The SMILES string of the molecule is O=C(OCC1CCCCC1)c1cc(Cl)c2ccccc2n1. The van der Waals surface area contributed by atoms with E-state index in [0.717, 1.165) is 23.7 Å². The van der Waals surface area contributed by atoms with Crippen molar-refractivity contribution in [2.75, 3.05) is 6.61 Å². The second kappa shape index (κ2) is 6.44. The Kier molecular flexibility index (Phi) is 4.39. The van der Waals surface area contributed by atoms with Crippen LogP contribution < -0.4 is 0 Å². The van der Waals surface area contributed by atoms with Gasteiger partial charge in [-0.2, -0.15) is 0 Å². The van der Waals surface area contributed by atoms with Crippen molar-refractivity contribution in [2.24, 2.45) is 5.92 Å². The number of nitrogens with zero attached hydrogens (tertiary/aromatic N) is 1. The molecule has 1 heterocycles. The second-order valence-electron chi connectivity index (χ2n) is 5.61. The van der Waals surface area contributed by atoms with Gasteiger partial charge in [-0.25, -0.2) is 9.78 Å². The number of rotatable bonds is 3. The van der Waals surface area contributed by atoms with Crippen LogP contribution in [0.5, 0.6) is 0 Å². The van der Waals surface area contributed by atoms with Gasteiger partial charge in [0.25, 0.3) is 0 Å². The summed E-state index contributed by atoms with van der Waals surface area (Å²) >= 11 is 6.21. The zero-order valence-electron chi connectivity index (χ0n) is 11.8. The van der Waals surface area contributed by atoms with Crippen molar-refractivity contribution in [1.82, 2.24) is 4.98 Å². The van der Waals surface area contributed by atoms with Crippen molar-refractivity contribution >= 4 is 28.5 Å². The van der Waals surface area contributed by atoms with Gasteiger partial charge in [0.15, 0.2) is 5.69 Å². The van der Waals surface area contributed by atoms with Crippen molar-refractivity contribution in [1.29, 1.82) is 0 Å². The molecule has 3 rings (SSSR count). The van der Waals surface area contributed by atoms with Gasteiger partial charge < -0.3 is 4.74 Å². The van der Waals surface area contributed by atoms with Crippen LogP contribution >= 0.6 is 11.6 Å². The summed E-state index contributed by atoms with van der Waals surface area (Å²) in [7, 11) is 0. The Morgan fingerprint density at radius 2 is 2.00 bits per heavy atom. The van der Waals surface area contributed by atoms with E-state index in [1.54, 1.807) is 6.07 Å². The monoisotopic (exact) mass is 303 g/mol. The molecule has 1 aromatic carbocycles. The number of hydrogen-bond acceptors (Lipinski definition) is 3. The largest absolute Gasteiger partial charge is 0.461 e. The number of benzene rings is 1. The predicted molar refractivity (Wildman–Crippen MR) is 83.6 cm³/mol. The first-order valence-corrected chi connectivity index (χ1v) is 7.84. The Balaban J connectivity index is 1.72. The molecule has 0 spiro atoms. The molecule has 0 bridgehead atoms. The van der Waals surface area contributed by atoms with E-state index < -0.39 is 0 Å². The number of aromatic nitrogens is 1. The highest BCUT2D eigenvalue weighted by Crippen LogP contribution is 2.25. The first-order valence-electron chi connectivity index (χ1n) is 7.46. The molecule has 4 heteroatoms. The van der Waals surface area contributed by atoms with Gasteiger partial charge in [0.05, 0.1) is 17.1 Å². The summed E-state index contributed by atoms with van der Waals surface area (Å²) in [6.45, 7) is 0.491. The van der Waals surface area contributed by atoms with Crippen molar-refractivity contribution in [3.05, 3.63) is 41.0 Å². The van der Waals surface area contributed by atoms with Gasteiger partial charge in [-0.05, 0) is 30.9 Å². The van der Waals surface area contributed by atoms with E-state index in [9.17, 15) is 4.79 Å². The third kappa shape index (κ3) is 3.35. The number of ether oxygens (including phenoxy) is 1.